The van der Waals surface area contributed by atoms with E-state index in [1.165, 1.54) is 28.6 Å². The Bertz CT molecular complexity index is 1890. The molecule has 2 aromatic heterocycles. The first kappa shape index (κ1) is 31.3. The molecule has 2 saturated heterocycles. The highest BCUT2D eigenvalue weighted by Gasteiger charge is 2.35. The van der Waals surface area contributed by atoms with Crippen molar-refractivity contribution in [3.8, 4) is 17.4 Å². The number of benzene rings is 2. The summed E-state index contributed by atoms with van der Waals surface area (Å²) in [6.07, 6.45) is 4.89. The molecule has 14 nitrogen and oxygen atoms in total. The summed E-state index contributed by atoms with van der Waals surface area (Å²) in [6, 6.07) is 12.2. The first-order valence-corrected chi connectivity index (χ1v) is 17.5. The van der Waals surface area contributed by atoms with Gasteiger partial charge < -0.3 is 19.1 Å². The summed E-state index contributed by atoms with van der Waals surface area (Å²) in [5.41, 5.74) is 1.67. The van der Waals surface area contributed by atoms with E-state index >= 15 is 0 Å². The van der Waals surface area contributed by atoms with Crippen LogP contribution in [0.1, 0.15) is 51.7 Å². The molecule has 0 N–H and O–H groups in total. The van der Waals surface area contributed by atoms with E-state index in [4.69, 9.17) is 29.3 Å². The molecule has 2 atom stereocenters. The SMILES string of the molecule is C[C@H]1CCOCCOc2nc(cc(N3CCCC3)n2)-c2nn(C3CCCCO3)c3ccc(cc23)N1S(=O)(=O)c1ccccc1[N+](=O)[O-]. The number of nitrogens with zero attached hydrogens (tertiary/aromatic N) is 7. The molecule has 5 heterocycles. The molecule has 15 heteroatoms. The number of sulfonamides is 1. The molecule has 0 radical (unpaired) electrons. The topological polar surface area (TPSA) is 155 Å². The molecule has 47 heavy (non-hydrogen) atoms. The molecule has 1 unspecified atom stereocenters. The lowest BCUT2D eigenvalue weighted by molar-refractivity contribution is -0.387. The first-order chi connectivity index (χ1) is 22.8. The number of hydrogen-bond donors (Lipinski definition) is 0. The maximum Gasteiger partial charge on any atom is 0.319 e. The highest BCUT2D eigenvalue weighted by atomic mass is 32.2. The van der Waals surface area contributed by atoms with Crippen LogP contribution in [0.25, 0.3) is 22.3 Å². The van der Waals surface area contributed by atoms with Gasteiger partial charge in [-0.25, -0.2) is 13.1 Å². The van der Waals surface area contributed by atoms with Crippen LogP contribution in [0.4, 0.5) is 17.2 Å². The molecular weight excluding hydrogens is 626 g/mol. The summed E-state index contributed by atoms with van der Waals surface area (Å²) >= 11 is 0. The molecule has 7 rings (SSSR count). The molecule has 2 aromatic carbocycles. The summed E-state index contributed by atoms with van der Waals surface area (Å²) in [5, 5.41) is 17.7. The number of hydrogen-bond acceptors (Lipinski definition) is 11. The number of para-hydroxylation sites is 1. The Morgan fingerprint density at radius 1 is 0.936 bits per heavy atom. The number of nitro benzene ring substituents is 1. The Kier molecular flexibility index (Phi) is 8.68. The largest absolute Gasteiger partial charge is 0.461 e. The normalized spacial score (nSPS) is 21.0. The van der Waals surface area contributed by atoms with Crippen LogP contribution in [-0.2, 0) is 19.5 Å². The zero-order valence-corrected chi connectivity index (χ0v) is 27.0. The van der Waals surface area contributed by atoms with Gasteiger partial charge >= 0.3 is 6.01 Å². The van der Waals surface area contributed by atoms with Gasteiger partial charge in [0.25, 0.3) is 15.7 Å². The van der Waals surface area contributed by atoms with Gasteiger partial charge in [0.2, 0.25) is 0 Å². The third-order valence-corrected chi connectivity index (χ3v) is 10.9. The molecule has 0 amide bonds. The van der Waals surface area contributed by atoms with Crippen LogP contribution in [0.5, 0.6) is 6.01 Å². The Balaban J connectivity index is 1.45. The lowest BCUT2D eigenvalue weighted by Crippen LogP contribution is -2.39. The van der Waals surface area contributed by atoms with Gasteiger partial charge in [-0.2, -0.15) is 15.1 Å². The van der Waals surface area contributed by atoms with E-state index in [0.717, 1.165) is 56.5 Å². The van der Waals surface area contributed by atoms with E-state index in [9.17, 15) is 18.5 Å². The number of rotatable bonds is 5. The van der Waals surface area contributed by atoms with Crippen molar-refractivity contribution >= 4 is 38.1 Å². The van der Waals surface area contributed by atoms with Crippen molar-refractivity contribution in [2.45, 2.75) is 62.6 Å². The molecule has 4 aromatic rings. The third-order valence-electron chi connectivity index (χ3n) is 8.88. The van der Waals surface area contributed by atoms with E-state index in [0.29, 0.717) is 35.5 Å². The van der Waals surface area contributed by atoms with Gasteiger partial charge in [-0.3, -0.25) is 14.4 Å². The second-order valence-electron chi connectivity index (χ2n) is 12.0. The zero-order chi connectivity index (χ0) is 32.5. The van der Waals surface area contributed by atoms with E-state index in [1.807, 2.05) is 16.8 Å². The van der Waals surface area contributed by atoms with Crippen molar-refractivity contribution in [3.63, 3.8) is 0 Å². The summed E-state index contributed by atoms with van der Waals surface area (Å²) < 4.78 is 49.9. The molecule has 3 aliphatic rings. The summed E-state index contributed by atoms with van der Waals surface area (Å²) in [4.78, 5) is 22.6. The van der Waals surface area contributed by atoms with Crippen LogP contribution in [0.3, 0.4) is 0 Å². The zero-order valence-electron chi connectivity index (χ0n) is 26.2. The van der Waals surface area contributed by atoms with Gasteiger partial charge in [-0.05, 0) is 69.7 Å². The van der Waals surface area contributed by atoms with Crippen molar-refractivity contribution in [2.75, 3.05) is 48.7 Å². The summed E-state index contributed by atoms with van der Waals surface area (Å²) in [6.45, 7) is 4.79. The molecule has 0 aliphatic carbocycles. The van der Waals surface area contributed by atoms with Gasteiger partial charge in [0.05, 0.1) is 22.7 Å². The van der Waals surface area contributed by atoms with Crippen molar-refractivity contribution < 1.29 is 27.6 Å². The number of fused-ring (bicyclic) bond motifs is 4. The van der Waals surface area contributed by atoms with Crippen molar-refractivity contribution in [2.24, 2.45) is 0 Å². The average Bonchev–Trinajstić information content (AvgIpc) is 3.75. The van der Waals surface area contributed by atoms with Crippen LogP contribution < -0.4 is 13.9 Å². The minimum absolute atomic E-state index is 0.197. The lowest BCUT2D eigenvalue weighted by Gasteiger charge is -2.30. The standard InChI is InChI=1S/C32H37N7O7S/c1-22-13-17-44-18-19-46-32-33-25(21-29(34-32)36-14-5-6-15-36)31-24-20-23(11-12-26(24)37(35-31)30-10-4-7-16-45-30)38(22)47(42,43)28-9-3-2-8-27(28)39(40)41/h2-3,8-9,11-12,20-22,30H,4-7,10,13-19H2,1H3/t22-,30?/m0/s1. The predicted octanol–water partition coefficient (Wildman–Crippen LogP) is 5.08. The van der Waals surface area contributed by atoms with Crippen molar-refractivity contribution in [1.82, 2.24) is 19.7 Å². The van der Waals surface area contributed by atoms with Crippen LogP contribution >= 0.6 is 0 Å². The van der Waals surface area contributed by atoms with Crippen molar-refractivity contribution in [3.05, 3.63) is 58.6 Å². The maximum absolute atomic E-state index is 14.4. The number of ether oxygens (including phenoxy) is 3. The van der Waals surface area contributed by atoms with Gasteiger partial charge in [-0.15, -0.1) is 0 Å². The van der Waals surface area contributed by atoms with E-state index < -0.39 is 26.7 Å². The van der Waals surface area contributed by atoms with Crippen LogP contribution in [0.15, 0.2) is 53.4 Å². The molecule has 4 bridgehead atoms. The molecule has 248 valence electrons. The van der Waals surface area contributed by atoms with E-state index in [-0.39, 0.29) is 37.0 Å². The maximum atomic E-state index is 14.4. The lowest BCUT2D eigenvalue weighted by atomic mass is 10.1. The molecule has 0 spiro atoms. The minimum atomic E-state index is -4.41. The van der Waals surface area contributed by atoms with Gasteiger partial charge in [0.1, 0.15) is 23.8 Å². The summed E-state index contributed by atoms with van der Waals surface area (Å²) in [5.74, 6) is 0.731. The molecule has 2 fully saturated rings. The monoisotopic (exact) mass is 663 g/mol. The van der Waals surface area contributed by atoms with Crippen LogP contribution in [0.2, 0.25) is 0 Å². The minimum Gasteiger partial charge on any atom is -0.461 e. The van der Waals surface area contributed by atoms with Gasteiger partial charge in [0.15, 0.2) is 11.1 Å². The fourth-order valence-corrected chi connectivity index (χ4v) is 8.37. The highest BCUT2D eigenvalue weighted by molar-refractivity contribution is 7.93. The van der Waals surface area contributed by atoms with Gasteiger partial charge in [-0.1, -0.05) is 12.1 Å². The summed E-state index contributed by atoms with van der Waals surface area (Å²) in [7, 11) is -4.41. The Morgan fingerprint density at radius 2 is 1.77 bits per heavy atom. The van der Waals surface area contributed by atoms with E-state index in [2.05, 4.69) is 4.90 Å². The smallest absolute Gasteiger partial charge is 0.319 e. The Hall–Kier alpha value is -4.34. The first-order valence-electron chi connectivity index (χ1n) is 16.1. The fraction of sp³-hybridized carbons (Fsp3) is 0.469. The quantitative estimate of drug-likeness (QED) is 0.207. The van der Waals surface area contributed by atoms with E-state index in [1.54, 1.807) is 19.1 Å². The second kappa shape index (κ2) is 13.0. The van der Waals surface area contributed by atoms with Gasteiger partial charge in [0, 0.05) is 49.9 Å². The average molecular weight is 664 g/mol. The number of aromatic nitrogens is 4. The number of anilines is 2. The molecule has 3 aliphatic heterocycles. The Morgan fingerprint density at radius 3 is 2.55 bits per heavy atom. The van der Waals surface area contributed by atoms with Crippen LogP contribution in [0, 0.1) is 10.1 Å². The molecule has 0 saturated carbocycles. The number of nitro groups is 1. The Labute approximate surface area is 272 Å². The fourth-order valence-electron chi connectivity index (χ4n) is 6.53. The highest BCUT2D eigenvalue weighted by Crippen LogP contribution is 2.39. The third kappa shape index (κ3) is 6.10. The predicted molar refractivity (Wildman–Crippen MR) is 174 cm³/mol. The van der Waals surface area contributed by atoms with Crippen LogP contribution in [-0.4, -0.2) is 78.6 Å². The second-order valence-corrected chi connectivity index (χ2v) is 13.8. The van der Waals surface area contributed by atoms with Crippen molar-refractivity contribution in [1.29, 1.82) is 0 Å². The molecular formula is C32H37N7O7S.